The van der Waals surface area contributed by atoms with E-state index in [1.807, 2.05) is 46.8 Å². The fourth-order valence-electron chi connectivity index (χ4n) is 3.76. The number of aromatic hydroxyl groups is 1. The minimum Gasteiger partial charge on any atom is -0.507 e. The molecule has 1 saturated heterocycles. The summed E-state index contributed by atoms with van der Waals surface area (Å²) in [4.78, 5) is 14.1. The van der Waals surface area contributed by atoms with Crippen molar-refractivity contribution in [3.8, 4) is 17.0 Å². The summed E-state index contributed by atoms with van der Waals surface area (Å²) >= 11 is 0. The maximum Gasteiger partial charge on any atom is 0.410 e. The van der Waals surface area contributed by atoms with E-state index in [9.17, 15) is 15.0 Å². The number of aliphatic hydroxyl groups excluding tert-OH is 1. The molecule has 2 atom stereocenters. The molecule has 1 aliphatic heterocycles. The zero-order valence-electron chi connectivity index (χ0n) is 18.3. The molecule has 1 amide bonds. The van der Waals surface area contributed by atoms with E-state index in [0.29, 0.717) is 30.0 Å². The highest BCUT2D eigenvalue weighted by molar-refractivity contribution is 5.70. The average Bonchev–Trinajstić information content (AvgIpc) is 2.67. The number of rotatable bonds is 3. The predicted octanol–water partition coefficient (Wildman–Crippen LogP) is 4.15. The summed E-state index contributed by atoms with van der Waals surface area (Å²) in [5.41, 5.74) is 2.89. The molecule has 0 aliphatic carbocycles. The summed E-state index contributed by atoms with van der Waals surface area (Å²) in [7, 11) is 0. The molecule has 2 heterocycles. The highest BCUT2D eigenvalue weighted by Crippen LogP contribution is 2.33. The molecule has 1 aliphatic rings. The summed E-state index contributed by atoms with van der Waals surface area (Å²) in [6.07, 6.45) is 0.402. The van der Waals surface area contributed by atoms with Crippen LogP contribution in [0.3, 0.4) is 0 Å². The van der Waals surface area contributed by atoms with Crippen molar-refractivity contribution in [3.63, 3.8) is 0 Å². The first kappa shape index (κ1) is 22.0. The van der Waals surface area contributed by atoms with E-state index in [1.165, 1.54) is 0 Å². The fourth-order valence-corrected chi connectivity index (χ4v) is 3.76. The van der Waals surface area contributed by atoms with Gasteiger partial charge >= 0.3 is 6.09 Å². The number of benzene rings is 1. The number of phenolic OH excluding ortho intramolecular Hbond substituents is 1. The van der Waals surface area contributed by atoms with Gasteiger partial charge in [-0.05, 0) is 76.8 Å². The van der Waals surface area contributed by atoms with Gasteiger partial charge in [0.25, 0.3) is 0 Å². The standard InChI is InChI=1S/C23H31N3O4/c1-14-8-9-17(19(27)11-14)20-15(2)12-18(24-25-20)21(28)16-7-6-10-26(13-16)22(29)30-23(3,4)5/h8-9,11-12,16,21,27-28H,6-7,10,13H2,1-5H3/t16-,21+/m0/s1. The van der Waals surface area contributed by atoms with Gasteiger partial charge in [-0.2, -0.15) is 5.10 Å². The van der Waals surface area contributed by atoms with Crippen LogP contribution in [0.15, 0.2) is 24.3 Å². The predicted molar refractivity (Wildman–Crippen MR) is 114 cm³/mol. The monoisotopic (exact) mass is 413 g/mol. The zero-order valence-corrected chi connectivity index (χ0v) is 18.3. The lowest BCUT2D eigenvalue weighted by atomic mass is 9.90. The summed E-state index contributed by atoms with van der Waals surface area (Å²) in [5.74, 6) is 0.0135. The molecule has 0 saturated carbocycles. The second kappa shape index (κ2) is 8.60. The zero-order chi connectivity index (χ0) is 22.1. The average molecular weight is 414 g/mol. The topological polar surface area (TPSA) is 95.8 Å². The maximum absolute atomic E-state index is 12.4. The Kier molecular flexibility index (Phi) is 6.31. The van der Waals surface area contributed by atoms with Crippen molar-refractivity contribution in [1.29, 1.82) is 0 Å². The van der Waals surface area contributed by atoms with Crippen LogP contribution in [0.5, 0.6) is 5.75 Å². The lowest BCUT2D eigenvalue weighted by molar-refractivity contribution is 0.00159. The van der Waals surface area contributed by atoms with E-state index in [0.717, 1.165) is 24.0 Å². The number of hydrogen-bond donors (Lipinski definition) is 2. The Morgan fingerprint density at radius 3 is 2.60 bits per heavy atom. The molecule has 30 heavy (non-hydrogen) atoms. The molecule has 0 bridgehead atoms. The number of ether oxygens (including phenoxy) is 1. The number of piperidine rings is 1. The number of hydrogen-bond acceptors (Lipinski definition) is 6. The largest absolute Gasteiger partial charge is 0.507 e. The van der Waals surface area contributed by atoms with Crippen LogP contribution < -0.4 is 0 Å². The van der Waals surface area contributed by atoms with Crippen LogP contribution in [0.25, 0.3) is 11.3 Å². The van der Waals surface area contributed by atoms with Gasteiger partial charge in [0.2, 0.25) is 0 Å². The smallest absolute Gasteiger partial charge is 0.410 e. The van der Waals surface area contributed by atoms with Crippen molar-refractivity contribution in [2.24, 2.45) is 5.92 Å². The number of phenols is 1. The minimum atomic E-state index is -0.831. The minimum absolute atomic E-state index is 0.140. The molecule has 162 valence electrons. The first-order valence-corrected chi connectivity index (χ1v) is 10.4. The molecule has 0 radical (unpaired) electrons. The molecule has 7 nitrogen and oxygen atoms in total. The van der Waals surface area contributed by atoms with E-state index >= 15 is 0 Å². The molecule has 1 fully saturated rings. The van der Waals surface area contributed by atoms with E-state index < -0.39 is 11.7 Å². The second-order valence-corrected chi connectivity index (χ2v) is 9.09. The SMILES string of the molecule is Cc1ccc(-c2nnc([C@H](O)[C@H]3CCCN(C(=O)OC(C)(C)C)C3)cc2C)c(O)c1. The second-order valence-electron chi connectivity index (χ2n) is 9.09. The number of aliphatic hydroxyl groups is 1. The molecule has 7 heteroatoms. The van der Waals surface area contributed by atoms with Crippen molar-refractivity contribution in [2.75, 3.05) is 13.1 Å². The number of likely N-dealkylation sites (tertiary alicyclic amines) is 1. The molecule has 2 N–H and O–H groups in total. The van der Waals surface area contributed by atoms with Gasteiger partial charge in [0.15, 0.2) is 0 Å². The number of carbonyl (C=O) groups excluding carboxylic acids is 1. The number of carbonyl (C=O) groups is 1. The first-order valence-electron chi connectivity index (χ1n) is 10.4. The van der Waals surface area contributed by atoms with Gasteiger partial charge in [-0.15, -0.1) is 5.10 Å². The lowest BCUT2D eigenvalue weighted by Crippen LogP contribution is -2.44. The van der Waals surface area contributed by atoms with Crippen molar-refractivity contribution in [2.45, 2.75) is 59.2 Å². The number of amides is 1. The van der Waals surface area contributed by atoms with Crippen LogP contribution in [0.4, 0.5) is 4.79 Å². The van der Waals surface area contributed by atoms with E-state index in [2.05, 4.69) is 10.2 Å². The third kappa shape index (κ3) is 5.08. The van der Waals surface area contributed by atoms with Crippen LogP contribution in [0.1, 0.15) is 56.5 Å². The molecule has 3 rings (SSSR count). The van der Waals surface area contributed by atoms with Gasteiger partial charge in [0, 0.05) is 24.6 Å². The van der Waals surface area contributed by atoms with Gasteiger partial charge in [-0.25, -0.2) is 4.79 Å². The van der Waals surface area contributed by atoms with Crippen LogP contribution in [0.2, 0.25) is 0 Å². The molecular formula is C23H31N3O4. The van der Waals surface area contributed by atoms with Crippen LogP contribution in [-0.2, 0) is 4.74 Å². The Hall–Kier alpha value is -2.67. The van der Waals surface area contributed by atoms with Gasteiger partial charge in [-0.1, -0.05) is 6.07 Å². The van der Waals surface area contributed by atoms with Gasteiger partial charge < -0.3 is 19.8 Å². The number of nitrogens with zero attached hydrogens (tertiary/aromatic N) is 3. The van der Waals surface area contributed by atoms with Gasteiger partial charge in [-0.3, -0.25) is 0 Å². The normalized spacial score (nSPS) is 18.2. The molecule has 2 aromatic rings. The van der Waals surface area contributed by atoms with Gasteiger partial charge in [0.1, 0.15) is 17.5 Å². The Morgan fingerprint density at radius 2 is 1.97 bits per heavy atom. The van der Waals surface area contributed by atoms with Crippen molar-refractivity contribution in [3.05, 3.63) is 41.1 Å². The van der Waals surface area contributed by atoms with Crippen LogP contribution in [0, 0.1) is 19.8 Å². The summed E-state index contributed by atoms with van der Waals surface area (Å²) in [6.45, 7) is 10.3. The molecule has 1 aromatic carbocycles. The molecular weight excluding hydrogens is 382 g/mol. The summed E-state index contributed by atoms with van der Waals surface area (Å²) in [6, 6.07) is 7.22. The third-order valence-corrected chi connectivity index (χ3v) is 5.27. The highest BCUT2D eigenvalue weighted by atomic mass is 16.6. The third-order valence-electron chi connectivity index (χ3n) is 5.27. The maximum atomic E-state index is 12.4. The molecule has 0 spiro atoms. The van der Waals surface area contributed by atoms with E-state index in [-0.39, 0.29) is 17.8 Å². The van der Waals surface area contributed by atoms with E-state index in [4.69, 9.17) is 4.74 Å². The summed E-state index contributed by atoms with van der Waals surface area (Å²) < 4.78 is 5.47. The van der Waals surface area contributed by atoms with Crippen LogP contribution >= 0.6 is 0 Å². The van der Waals surface area contributed by atoms with Crippen molar-refractivity contribution in [1.82, 2.24) is 15.1 Å². The fraction of sp³-hybridized carbons (Fsp3) is 0.522. The van der Waals surface area contributed by atoms with Crippen molar-refractivity contribution >= 4 is 6.09 Å². The highest BCUT2D eigenvalue weighted by Gasteiger charge is 2.32. The Bertz CT molecular complexity index is 923. The van der Waals surface area contributed by atoms with Crippen molar-refractivity contribution < 1.29 is 19.7 Å². The van der Waals surface area contributed by atoms with Gasteiger partial charge in [0.05, 0.1) is 11.4 Å². The van der Waals surface area contributed by atoms with E-state index in [1.54, 1.807) is 17.0 Å². The summed E-state index contributed by atoms with van der Waals surface area (Å²) in [5, 5.41) is 29.7. The van der Waals surface area contributed by atoms with Crippen LogP contribution in [-0.4, -0.2) is 50.1 Å². The quantitative estimate of drug-likeness (QED) is 0.785. The molecule has 0 unspecified atom stereocenters. The molecule has 1 aromatic heterocycles. The Balaban J connectivity index is 1.76. The Morgan fingerprint density at radius 1 is 1.23 bits per heavy atom. The first-order chi connectivity index (χ1) is 14.0. The Labute approximate surface area is 177 Å². The number of aromatic nitrogens is 2. The number of aryl methyl sites for hydroxylation is 2. The lowest BCUT2D eigenvalue weighted by Gasteiger charge is -2.35.